The van der Waals surface area contributed by atoms with Gasteiger partial charge in [0.15, 0.2) is 0 Å². The molecule has 0 heterocycles. The van der Waals surface area contributed by atoms with Gasteiger partial charge in [-0.25, -0.2) is 0 Å². The standard InChI is InChI=1S/C16H18BrNO2/c1-20-16-8-3-2-5-13(16)10-18-11-15(19)12-6-4-7-14(17)9-12/h2-9,15,18-19H,10-11H2,1H3. The van der Waals surface area contributed by atoms with E-state index in [0.717, 1.165) is 21.3 Å². The molecule has 2 aromatic carbocycles. The van der Waals surface area contributed by atoms with Gasteiger partial charge in [0, 0.05) is 23.1 Å². The molecule has 0 radical (unpaired) electrons. The van der Waals surface area contributed by atoms with Crippen molar-refractivity contribution in [3.8, 4) is 5.75 Å². The lowest BCUT2D eigenvalue weighted by Gasteiger charge is -2.14. The van der Waals surface area contributed by atoms with Crippen molar-refractivity contribution in [3.63, 3.8) is 0 Å². The van der Waals surface area contributed by atoms with Gasteiger partial charge in [0.05, 0.1) is 13.2 Å². The van der Waals surface area contributed by atoms with Crippen LogP contribution in [0.4, 0.5) is 0 Å². The Labute approximate surface area is 127 Å². The number of rotatable bonds is 6. The highest BCUT2D eigenvalue weighted by molar-refractivity contribution is 9.10. The number of hydrogen-bond acceptors (Lipinski definition) is 3. The molecule has 0 aliphatic rings. The number of halogens is 1. The molecule has 0 aromatic heterocycles. The van der Waals surface area contributed by atoms with Crippen molar-refractivity contribution in [1.82, 2.24) is 5.32 Å². The average molecular weight is 336 g/mol. The van der Waals surface area contributed by atoms with Crippen molar-refractivity contribution < 1.29 is 9.84 Å². The summed E-state index contributed by atoms with van der Waals surface area (Å²) in [5.41, 5.74) is 1.98. The Balaban J connectivity index is 1.89. The van der Waals surface area contributed by atoms with Gasteiger partial charge in [0.1, 0.15) is 5.75 Å². The van der Waals surface area contributed by atoms with E-state index < -0.39 is 6.10 Å². The smallest absolute Gasteiger partial charge is 0.123 e. The van der Waals surface area contributed by atoms with Gasteiger partial charge in [-0.3, -0.25) is 0 Å². The van der Waals surface area contributed by atoms with Crippen LogP contribution >= 0.6 is 15.9 Å². The molecule has 0 aliphatic carbocycles. The zero-order chi connectivity index (χ0) is 14.4. The van der Waals surface area contributed by atoms with Crippen LogP contribution in [0, 0.1) is 0 Å². The second-order valence-electron chi connectivity index (χ2n) is 4.51. The minimum Gasteiger partial charge on any atom is -0.496 e. The molecule has 0 aliphatic heterocycles. The molecule has 1 unspecified atom stereocenters. The minimum absolute atomic E-state index is 0.495. The van der Waals surface area contributed by atoms with Crippen molar-refractivity contribution >= 4 is 15.9 Å². The van der Waals surface area contributed by atoms with Gasteiger partial charge >= 0.3 is 0 Å². The monoisotopic (exact) mass is 335 g/mol. The first-order valence-electron chi connectivity index (χ1n) is 6.47. The van der Waals surface area contributed by atoms with E-state index in [1.807, 2.05) is 48.5 Å². The van der Waals surface area contributed by atoms with E-state index in [-0.39, 0.29) is 0 Å². The lowest BCUT2D eigenvalue weighted by atomic mass is 10.1. The third-order valence-electron chi connectivity index (χ3n) is 3.08. The molecular weight excluding hydrogens is 318 g/mol. The van der Waals surface area contributed by atoms with E-state index in [4.69, 9.17) is 4.74 Å². The summed E-state index contributed by atoms with van der Waals surface area (Å²) in [5, 5.41) is 13.4. The quantitative estimate of drug-likeness (QED) is 0.851. The third kappa shape index (κ3) is 4.07. The summed E-state index contributed by atoms with van der Waals surface area (Å²) in [5.74, 6) is 0.858. The Morgan fingerprint density at radius 3 is 2.75 bits per heavy atom. The van der Waals surface area contributed by atoms with Crippen LogP contribution in [0.25, 0.3) is 0 Å². The van der Waals surface area contributed by atoms with Gasteiger partial charge < -0.3 is 15.2 Å². The third-order valence-corrected chi connectivity index (χ3v) is 3.57. The number of hydrogen-bond donors (Lipinski definition) is 2. The van der Waals surface area contributed by atoms with Crippen LogP contribution in [0.15, 0.2) is 53.0 Å². The molecule has 0 saturated carbocycles. The summed E-state index contributed by atoms with van der Waals surface area (Å²) in [4.78, 5) is 0. The first kappa shape index (κ1) is 15.0. The van der Waals surface area contributed by atoms with Crippen molar-refractivity contribution in [2.24, 2.45) is 0 Å². The number of nitrogens with one attached hydrogen (secondary N) is 1. The number of ether oxygens (including phenoxy) is 1. The normalized spacial score (nSPS) is 12.2. The number of methoxy groups -OCH3 is 1. The fraction of sp³-hybridized carbons (Fsp3) is 0.250. The fourth-order valence-corrected chi connectivity index (χ4v) is 2.44. The highest BCUT2D eigenvalue weighted by atomic mass is 79.9. The van der Waals surface area contributed by atoms with E-state index in [1.54, 1.807) is 7.11 Å². The molecule has 2 aromatic rings. The summed E-state index contributed by atoms with van der Waals surface area (Å²) in [6.07, 6.45) is -0.526. The Kier molecular flexibility index (Phi) is 5.59. The van der Waals surface area contributed by atoms with Crippen LogP contribution in [0.1, 0.15) is 17.2 Å². The van der Waals surface area contributed by atoms with Crippen molar-refractivity contribution in [3.05, 3.63) is 64.1 Å². The molecule has 4 heteroatoms. The minimum atomic E-state index is -0.526. The average Bonchev–Trinajstić information content (AvgIpc) is 2.47. The molecule has 2 N–H and O–H groups in total. The van der Waals surface area contributed by atoms with Gasteiger partial charge in [-0.1, -0.05) is 46.3 Å². The summed E-state index contributed by atoms with van der Waals surface area (Å²) >= 11 is 3.41. The second-order valence-corrected chi connectivity index (χ2v) is 5.43. The number of para-hydroxylation sites is 1. The van der Waals surface area contributed by atoms with Crippen LogP contribution in [0.3, 0.4) is 0 Å². The maximum atomic E-state index is 10.1. The Bertz CT molecular complexity index is 560. The van der Waals surface area contributed by atoms with Gasteiger partial charge in [-0.2, -0.15) is 0 Å². The lowest BCUT2D eigenvalue weighted by Crippen LogP contribution is -2.21. The van der Waals surface area contributed by atoms with E-state index in [2.05, 4.69) is 21.2 Å². The van der Waals surface area contributed by atoms with Crippen molar-refractivity contribution in [2.45, 2.75) is 12.6 Å². The fourth-order valence-electron chi connectivity index (χ4n) is 2.02. The van der Waals surface area contributed by atoms with Crippen LogP contribution < -0.4 is 10.1 Å². The predicted molar refractivity (Wildman–Crippen MR) is 83.8 cm³/mol. The Morgan fingerprint density at radius 1 is 1.20 bits per heavy atom. The van der Waals surface area contributed by atoms with E-state index >= 15 is 0 Å². The SMILES string of the molecule is COc1ccccc1CNCC(O)c1cccc(Br)c1. The van der Waals surface area contributed by atoms with Crippen molar-refractivity contribution in [1.29, 1.82) is 0 Å². The van der Waals surface area contributed by atoms with E-state index in [1.165, 1.54) is 0 Å². The first-order valence-corrected chi connectivity index (χ1v) is 7.26. The zero-order valence-corrected chi connectivity index (χ0v) is 12.9. The molecule has 1 atom stereocenters. The number of aliphatic hydroxyl groups is 1. The highest BCUT2D eigenvalue weighted by Gasteiger charge is 2.08. The van der Waals surface area contributed by atoms with Crippen LogP contribution in [-0.4, -0.2) is 18.8 Å². The molecule has 20 heavy (non-hydrogen) atoms. The van der Waals surface area contributed by atoms with E-state index in [9.17, 15) is 5.11 Å². The molecule has 2 rings (SSSR count). The topological polar surface area (TPSA) is 41.5 Å². The molecule has 0 saturated heterocycles. The first-order chi connectivity index (χ1) is 9.70. The molecule has 0 spiro atoms. The Hall–Kier alpha value is -1.36. The van der Waals surface area contributed by atoms with Gasteiger partial charge in [-0.05, 0) is 23.8 Å². The maximum Gasteiger partial charge on any atom is 0.123 e. The van der Waals surface area contributed by atoms with Gasteiger partial charge in [-0.15, -0.1) is 0 Å². The van der Waals surface area contributed by atoms with Gasteiger partial charge in [0.25, 0.3) is 0 Å². The summed E-state index contributed by atoms with van der Waals surface area (Å²) in [7, 11) is 1.66. The Morgan fingerprint density at radius 2 is 2.00 bits per heavy atom. The van der Waals surface area contributed by atoms with Gasteiger partial charge in [0.2, 0.25) is 0 Å². The number of aliphatic hydroxyl groups excluding tert-OH is 1. The second kappa shape index (κ2) is 7.43. The molecule has 3 nitrogen and oxygen atoms in total. The predicted octanol–water partition coefficient (Wildman–Crippen LogP) is 3.28. The zero-order valence-electron chi connectivity index (χ0n) is 11.3. The molecule has 0 fully saturated rings. The lowest BCUT2D eigenvalue weighted by molar-refractivity contribution is 0.174. The van der Waals surface area contributed by atoms with Crippen molar-refractivity contribution in [2.75, 3.05) is 13.7 Å². The summed E-state index contributed by atoms with van der Waals surface area (Å²) < 4.78 is 6.27. The highest BCUT2D eigenvalue weighted by Crippen LogP contribution is 2.19. The molecule has 0 bridgehead atoms. The number of benzene rings is 2. The maximum absolute atomic E-state index is 10.1. The molecule has 106 valence electrons. The largest absolute Gasteiger partial charge is 0.496 e. The van der Waals surface area contributed by atoms with Crippen LogP contribution in [0.2, 0.25) is 0 Å². The summed E-state index contributed by atoms with van der Waals surface area (Å²) in [6, 6.07) is 15.6. The molecule has 0 amide bonds. The molecular formula is C16H18BrNO2. The summed E-state index contributed by atoms with van der Waals surface area (Å²) in [6.45, 7) is 1.16. The van der Waals surface area contributed by atoms with Crippen LogP contribution in [0.5, 0.6) is 5.75 Å². The van der Waals surface area contributed by atoms with E-state index in [0.29, 0.717) is 13.1 Å². The van der Waals surface area contributed by atoms with Crippen LogP contribution in [-0.2, 0) is 6.54 Å².